The second-order valence-electron chi connectivity index (χ2n) is 9.08. The number of ether oxygens (including phenoxy) is 2. The number of carbonyl (C=O) groups is 4. The highest BCUT2D eigenvalue weighted by atomic mass is 127. The Hall–Kier alpha value is -3.99. The van der Waals surface area contributed by atoms with Crippen molar-refractivity contribution in [1.29, 1.82) is 0 Å². The summed E-state index contributed by atoms with van der Waals surface area (Å²) in [6.07, 6.45) is 2.11. The summed E-state index contributed by atoms with van der Waals surface area (Å²) < 4.78 is 11.6. The van der Waals surface area contributed by atoms with Crippen molar-refractivity contribution >= 4 is 58.2 Å². The largest absolute Gasteiger partial charge is 0.494 e. The second kappa shape index (κ2) is 11.8. The van der Waals surface area contributed by atoms with Crippen molar-refractivity contribution in [2.45, 2.75) is 27.2 Å². The molecule has 0 unspecified atom stereocenters. The number of halogens is 1. The Kier molecular flexibility index (Phi) is 8.49. The number of urea groups is 1. The maximum absolute atomic E-state index is 13.3. The van der Waals surface area contributed by atoms with Crippen LogP contribution in [-0.4, -0.2) is 37.5 Å². The number of imide groups is 2. The lowest BCUT2D eigenvalue weighted by atomic mass is 9.98. The molecule has 1 aliphatic rings. The van der Waals surface area contributed by atoms with Crippen LogP contribution in [0.2, 0.25) is 0 Å². The van der Waals surface area contributed by atoms with Crippen LogP contribution >= 0.6 is 22.6 Å². The molecule has 0 aromatic heterocycles. The maximum Gasteiger partial charge on any atom is 0.337 e. The van der Waals surface area contributed by atoms with E-state index >= 15 is 0 Å². The molecule has 3 aromatic rings. The van der Waals surface area contributed by atoms with Crippen LogP contribution < -0.4 is 15.0 Å². The molecule has 0 atom stereocenters. The van der Waals surface area contributed by atoms with Gasteiger partial charge in [-0.05, 0) is 97.0 Å². The number of barbiturate groups is 1. The Morgan fingerprint density at radius 3 is 2.28 bits per heavy atom. The first-order valence-corrected chi connectivity index (χ1v) is 13.3. The number of nitrogens with zero attached hydrogens (tertiary/aromatic N) is 1. The van der Waals surface area contributed by atoms with Gasteiger partial charge in [0, 0.05) is 15.6 Å². The van der Waals surface area contributed by atoms with Crippen molar-refractivity contribution in [2.75, 3.05) is 18.6 Å². The number of benzene rings is 3. The molecule has 4 amide bonds. The van der Waals surface area contributed by atoms with Crippen LogP contribution in [-0.2, 0) is 20.7 Å². The van der Waals surface area contributed by atoms with Gasteiger partial charge in [-0.2, -0.15) is 0 Å². The average molecular weight is 638 g/mol. The van der Waals surface area contributed by atoms with Crippen molar-refractivity contribution in [3.05, 3.63) is 97.1 Å². The minimum absolute atomic E-state index is 0.202. The lowest BCUT2D eigenvalue weighted by Gasteiger charge is -2.26. The predicted octanol–water partition coefficient (Wildman–Crippen LogP) is 5.35. The van der Waals surface area contributed by atoms with Crippen LogP contribution in [0, 0.1) is 17.4 Å². The van der Waals surface area contributed by atoms with Gasteiger partial charge in [-0.3, -0.25) is 14.9 Å². The zero-order chi connectivity index (χ0) is 28.3. The van der Waals surface area contributed by atoms with Gasteiger partial charge in [0.15, 0.2) is 0 Å². The van der Waals surface area contributed by atoms with Crippen molar-refractivity contribution in [3.63, 3.8) is 0 Å². The summed E-state index contributed by atoms with van der Waals surface area (Å²) in [5.41, 5.74) is 5.38. The average Bonchev–Trinajstić information content (AvgIpc) is 2.88. The van der Waals surface area contributed by atoms with Crippen LogP contribution in [0.1, 0.15) is 45.1 Å². The van der Waals surface area contributed by atoms with Crippen molar-refractivity contribution in [2.24, 2.45) is 0 Å². The van der Waals surface area contributed by atoms with Gasteiger partial charge < -0.3 is 9.47 Å². The summed E-state index contributed by atoms with van der Waals surface area (Å²) in [7, 11) is 1.26. The third-order valence-electron chi connectivity index (χ3n) is 6.10. The molecule has 9 heteroatoms. The number of nitrogens with one attached hydrogen (secondary N) is 1. The molecule has 0 bridgehead atoms. The maximum atomic E-state index is 13.3. The van der Waals surface area contributed by atoms with Gasteiger partial charge in [-0.1, -0.05) is 29.3 Å². The summed E-state index contributed by atoms with van der Waals surface area (Å²) in [6.45, 7) is 6.47. The molecular weight excluding hydrogens is 611 g/mol. The molecule has 3 aromatic carbocycles. The van der Waals surface area contributed by atoms with Crippen molar-refractivity contribution in [1.82, 2.24) is 5.32 Å². The van der Waals surface area contributed by atoms with E-state index in [9.17, 15) is 19.2 Å². The third kappa shape index (κ3) is 6.19. The fourth-order valence-corrected chi connectivity index (χ4v) is 5.28. The van der Waals surface area contributed by atoms with E-state index in [1.807, 2.05) is 13.0 Å². The first kappa shape index (κ1) is 28.0. The van der Waals surface area contributed by atoms with Crippen LogP contribution in [0.5, 0.6) is 5.75 Å². The van der Waals surface area contributed by atoms with E-state index in [1.165, 1.54) is 48.6 Å². The van der Waals surface area contributed by atoms with E-state index in [1.54, 1.807) is 6.07 Å². The fraction of sp³-hybridized carbons (Fsp3) is 0.200. The topological polar surface area (TPSA) is 102 Å². The Labute approximate surface area is 240 Å². The van der Waals surface area contributed by atoms with Gasteiger partial charge in [0.2, 0.25) is 0 Å². The normalized spacial score (nSPS) is 14.4. The number of rotatable bonds is 7. The molecule has 0 radical (unpaired) electrons. The minimum atomic E-state index is -0.874. The van der Waals surface area contributed by atoms with Gasteiger partial charge in [-0.15, -0.1) is 0 Å². The highest BCUT2D eigenvalue weighted by Gasteiger charge is 2.37. The third-order valence-corrected chi connectivity index (χ3v) is 7.06. The lowest BCUT2D eigenvalue weighted by Crippen LogP contribution is -2.54. The Morgan fingerprint density at radius 1 is 1.00 bits per heavy atom. The molecule has 8 nitrogen and oxygen atoms in total. The molecule has 0 aliphatic carbocycles. The first-order valence-electron chi connectivity index (χ1n) is 12.2. The molecule has 1 heterocycles. The molecule has 39 heavy (non-hydrogen) atoms. The fourth-order valence-electron chi connectivity index (χ4n) is 4.47. The highest BCUT2D eigenvalue weighted by molar-refractivity contribution is 14.1. The Morgan fingerprint density at radius 2 is 1.67 bits per heavy atom. The molecule has 1 fully saturated rings. The summed E-state index contributed by atoms with van der Waals surface area (Å²) in [5, 5.41) is 2.22. The number of hydrogen-bond acceptors (Lipinski definition) is 6. The van der Waals surface area contributed by atoms with E-state index in [-0.39, 0.29) is 16.8 Å². The number of esters is 1. The van der Waals surface area contributed by atoms with Crippen LogP contribution in [0.4, 0.5) is 10.5 Å². The van der Waals surface area contributed by atoms with Gasteiger partial charge in [-0.25, -0.2) is 14.5 Å². The van der Waals surface area contributed by atoms with Gasteiger partial charge in [0.05, 0.1) is 25.0 Å². The molecule has 4 rings (SSSR count). The number of anilines is 1. The summed E-state index contributed by atoms with van der Waals surface area (Å²) >= 11 is 2.23. The van der Waals surface area contributed by atoms with Crippen molar-refractivity contribution < 1.29 is 28.7 Å². The number of aryl methyl sites for hydroxylation is 2. The molecule has 0 spiro atoms. The summed E-state index contributed by atoms with van der Waals surface area (Å²) in [6, 6.07) is 15.0. The summed E-state index contributed by atoms with van der Waals surface area (Å²) in [5.74, 6) is -1.46. The quantitative estimate of drug-likeness (QED) is 0.162. The smallest absolute Gasteiger partial charge is 0.337 e. The number of carbonyl (C=O) groups excluding carboxylic acids is 4. The monoisotopic (exact) mass is 638 g/mol. The first-order chi connectivity index (χ1) is 18.6. The lowest BCUT2D eigenvalue weighted by molar-refractivity contribution is -0.122. The van der Waals surface area contributed by atoms with Gasteiger partial charge in [0.1, 0.15) is 11.3 Å². The molecule has 200 valence electrons. The molecular formula is C30H27IN2O6. The van der Waals surface area contributed by atoms with E-state index in [0.29, 0.717) is 24.3 Å². The number of hydrogen-bond donors (Lipinski definition) is 1. The van der Waals surface area contributed by atoms with Crippen molar-refractivity contribution in [3.8, 4) is 5.75 Å². The van der Waals surface area contributed by atoms with E-state index in [0.717, 1.165) is 19.6 Å². The SMILES string of the molecule is CCOc1cc(/C=C2\C(=O)NC(=O)N(c3ccc(C(=O)OC)cc3)C2=O)cc(I)c1Cc1cc(C)cc(C)c1. The highest BCUT2D eigenvalue weighted by Crippen LogP contribution is 2.31. The standard InChI is InChI=1S/C30H27IN2O6/c1-5-39-26-16-20(15-25(31)23(26)13-19-11-17(2)10-18(3)12-19)14-24-27(34)32-30(37)33(28(24)35)22-8-6-21(7-9-22)29(36)38-4/h6-12,14-16H,5,13H2,1-4H3,(H,32,34,37)/b24-14+. The molecule has 0 saturated carbocycles. The van der Waals surface area contributed by atoms with Crippen LogP contribution in [0.15, 0.2) is 60.2 Å². The second-order valence-corrected chi connectivity index (χ2v) is 10.2. The van der Waals surface area contributed by atoms with Gasteiger partial charge >= 0.3 is 12.0 Å². The number of amides is 4. The predicted molar refractivity (Wildman–Crippen MR) is 156 cm³/mol. The molecule has 1 N–H and O–H groups in total. The molecule has 1 saturated heterocycles. The van der Waals surface area contributed by atoms with E-state index in [4.69, 9.17) is 4.74 Å². The van der Waals surface area contributed by atoms with Crippen LogP contribution in [0.25, 0.3) is 6.08 Å². The van der Waals surface area contributed by atoms with Crippen LogP contribution in [0.3, 0.4) is 0 Å². The minimum Gasteiger partial charge on any atom is -0.494 e. The zero-order valence-electron chi connectivity index (χ0n) is 22.0. The molecule has 1 aliphatic heterocycles. The number of methoxy groups -OCH3 is 1. The summed E-state index contributed by atoms with van der Waals surface area (Å²) in [4.78, 5) is 51.2. The Balaban J connectivity index is 1.69. The van der Waals surface area contributed by atoms with E-state index < -0.39 is 23.8 Å². The zero-order valence-corrected chi connectivity index (χ0v) is 24.1. The Bertz CT molecular complexity index is 1490. The van der Waals surface area contributed by atoms with Gasteiger partial charge in [0.25, 0.3) is 11.8 Å². The van der Waals surface area contributed by atoms with E-state index in [2.05, 4.69) is 64.7 Å².